The van der Waals surface area contributed by atoms with E-state index >= 15 is 0 Å². The summed E-state index contributed by atoms with van der Waals surface area (Å²) in [6.07, 6.45) is 0.715. The molecule has 0 heterocycles. The first-order valence-corrected chi connectivity index (χ1v) is 4.50. The van der Waals surface area contributed by atoms with E-state index in [2.05, 4.69) is 9.24 Å². The third kappa shape index (κ3) is 1030. The fourth-order valence-electron chi connectivity index (χ4n) is 0. The molecule has 7 heavy (non-hydrogen) atoms. The Kier molecular flexibility index (Phi) is 6.65. The van der Waals surface area contributed by atoms with Gasteiger partial charge in [-0.1, -0.05) is 6.66 Å². The van der Waals surface area contributed by atoms with Gasteiger partial charge in [0.15, 0.2) is 0 Å². The fraction of sp³-hybridized carbons (Fsp3) is 1.00. The van der Waals surface area contributed by atoms with Crippen molar-refractivity contribution < 1.29 is 13.0 Å². The van der Waals surface area contributed by atoms with Gasteiger partial charge in [0.05, 0.1) is 6.26 Å². The molecule has 1 atom stereocenters. The van der Waals surface area contributed by atoms with Crippen molar-refractivity contribution in [3.63, 3.8) is 0 Å². The third-order valence-electron chi connectivity index (χ3n) is 0. The summed E-state index contributed by atoms with van der Waals surface area (Å²) in [6, 6.07) is 0. The Morgan fingerprint density at radius 2 is 1.43 bits per heavy atom. The summed E-state index contributed by atoms with van der Waals surface area (Å²) in [4.78, 5) is 0. The van der Waals surface area contributed by atoms with Gasteiger partial charge in [-0.2, -0.15) is 8.42 Å². The number of hydrogen-bond acceptors (Lipinski definition) is 2. The molecule has 0 aliphatic carbocycles. The Morgan fingerprint density at radius 1 is 1.43 bits per heavy atom. The zero-order chi connectivity index (χ0) is 6.50. The van der Waals surface area contributed by atoms with Gasteiger partial charge in [-0.3, -0.25) is 4.55 Å². The lowest BCUT2D eigenvalue weighted by atomic mass is 12.0. The van der Waals surface area contributed by atoms with Crippen LogP contribution in [0.15, 0.2) is 0 Å². The van der Waals surface area contributed by atoms with Gasteiger partial charge in [-0.25, -0.2) is 0 Å². The predicted octanol–water partition coefficient (Wildman–Crippen LogP) is -0.00470. The molecule has 5 heteroatoms. The number of rotatable bonds is 0. The minimum Gasteiger partial charge on any atom is -0.286 e. The molecule has 0 radical (unpaired) electrons. The summed E-state index contributed by atoms with van der Waals surface area (Å²) in [5, 5.41) is 0. The molecule has 1 N–H and O–H groups in total. The van der Waals surface area contributed by atoms with Crippen molar-refractivity contribution in [2.45, 2.75) is 0 Å². The van der Waals surface area contributed by atoms with E-state index in [9.17, 15) is 8.42 Å². The van der Waals surface area contributed by atoms with Gasteiger partial charge in [-0.05, 0) is 0 Å². The van der Waals surface area contributed by atoms with Crippen LogP contribution in [0.4, 0.5) is 0 Å². The van der Waals surface area contributed by atoms with Crippen molar-refractivity contribution in [1.29, 1.82) is 0 Å². The highest BCUT2D eigenvalue weighted by Crippen LogP contribution is 1.60. The molecule has 0 aromatic carbocycles. The van der Waals surface area contributed by atoms with E-state index in [1.54, 1.807) is 0 Å². The molecule has 0 saturated carbocycles. The first-order valence-electron chi connectivity index (χ1n) is 1.50. The van der Waals surface area contributed by atoms with Crippen molar-refractivity contribution >= 4 is 19.4 Å². The lowest BCUT2D eigenvalue weighted by Gasteiger charge is -1.69. The van der Waals surface area contributed by atoms with Crippen LogP contribution >= 0.6 is 9.24 Å². The Hall–Kier alpha value is 0.340. The predicted molar refractivity (Wildman–Crippen MR) is 33.1 cm³/mol. The van der Waals surface area contributed by atoms with Gasteiger partial charge in [0, 0.05) is 0 Å². The van der Waals surface area contributed by atoms with E-state index in [-0.39, 0.29) is 0 Å². The van der Waals surface area contributed by atoms with E-state index in [1.807, 2.05) is 6.66 Å². The van der Waals surface area contributed by atoms with E-state index in [4.69, 9.17) is 4.55 Å². The van der Waals surface area contributed by atoms with Crippen molar-refractivity contribution in [2.75, 3.05) is 12.9 Å². The molecular formula is C2H9O3PS. The topological polar surface area (TPSA) is 54.4 Å². The fourth-order valence-corrected chi connectivity index (χ4v) is 0. The molecule has 0 fully saturated rings. The second-order valence-corrected chi connectivity index (χ2v) is 2.20. The van der Waals surface area contributed by atoms with Crippen LogP contribution in [0.5, 0.6) is 0 Å². The first kappa shape index (κ1) is 10.3. The second kappa shape index (κ2) is 4.50. The highest BCUT2D eigenvalue weighted by molar-refractivity contribution is 7.85. The standard InChI is InChI=1S/CH4O3S.CH5P/c1-5(2,3)4;1-2/h1H3,(H,2,3,4);2H2,1H3. The van der Waals surface area contributed by atoms with Crippen LogP contribution in [-0.4, -0.2) is 25.9 Å². The summed E-state index contributed by atoms with van der Waals surface area (Å²) < 4.78 is 25.9. The minimum absolute atomic E-state index is 0.715. The van der Waals surface area contributed by atoms with Crippen LogP contribution in [0.1, 0.15) is 0 Å². The lowest BCUT2D eigenvalue weighted by molar-refractivity contribution is 0.490. The summed E-state index contributed by atoms with van der Waals surface area (Å²) >= 11 is 0. The maximum atomic E-state index is 9.19. The van der Waals surface area contributed by atoms with E-state index in [0.29, 0.717) is 6.26 Å². The van der Waals surface area contributed by atoms with Gasteiger partial charge in [-0.15, -0.1) is 9.24 Å². The molecule has 0 aliphatic rings. The van der Waals surface area contributed by atoms with E-state index < -0.39 is 10.1 Å². The molecule has 3 nitrogen and oxygen atoms in total. The quantitative estimate of drug-likeness (QED) is 0.384. The van der Waals surface area contributed by atoms with Crippen molar-refractivity contribution in [1.82, 2.24) is 0 Å². The first-order chi connectivity index (χ1) is 3.00. The van der Waals surface area contributed by atoms with Gasteiger partial charge < -0.3 is 0 Å². The monoisotopic (exact) mass is 144 g/mol. The Morgan fingerprint density at radius 3 is 1.43 bits per heavy atom. The second-order valence-electron chi connectivity index (χ2n) is 0.733. The average Bonchev–Trinajstić information content (AvgIpc) is 1.36. The highest BCUT2D eigenvalue weighted by atomic mass is 32.2. The zero-order valence-electron chi connectivity index (χ0n) is 4.25. The molecule has 0 saturated heterocycles. The van der Waals surface area contributed by atoms with E-state index in [0.717, 1.165) is 0 Å². The van der Waals surface area contributed by atoms with Crippen LogP contribution in [0, 0.1) is 0 Å². The Labute approximate surface area is 46.1 Å². The normalized spacial score (nSPS) is 9.14. The molecule has 0 aromatic rings. The smallest absolute Gasteiger partial charge is 0.261 e. The molecular weight excluding hydrogens is 135 g/mol. The Bertz CT molecular complexity index is 96.1. The summed E-state index contributed by atoms with van der Waals surface area (Å²) in [7, 11) is -1.25. The molecule has 0 bridgehead atoms. The maximum Gasteiger partial charge on any atom is 0.261 e. The third-order valence-corrected chi connectivity index (χ3v) is 0. The van der Waals surface area contributed by atoms with Crippen LogP contribution < -0.4 is 0 Å². The average molecular weight is 144 g/mol. The summed E-state index contributed by atoms with van der Waals surface area (Å²) in [6.45, 7) is 1.92. The van der Waals surface area contributed by atoms with Crippen molar-refractivity contribution in [3.05, 3.63) is 0 Å². The molecule has 46 valence electrons. The van der Waals surface area contributed by atoms with Crippen molar-refractivity contribution in [2.24, 2.45) is 0 Å². The molecule has 1 unspecified atom stereocenters. The molecule has 0 aromatic heterocycles. The molecule has 0 rings (SSSR count). The Balaban J connectivity index is 0. The lowest BCUT2D eigenvalue weighted by Crippen LogP contribution is -1.88. The van der Waals surface area contributed by atoms with Crippen LogP contribution in [0.25, 0.3) is 0 Å². The zero-order valence-corrected chi connectivity index (χ0v) is 6.22. The van der Waals surface area contributed by atoms with Gasteiger partial charge >= 0.3 is 0 Å². The van der Waals surface area contributed by atoms with Gasteiger partial charge in [0.1, 0.15) is 0 Å². The highest BCUT2D eigenvalue weighted by Gasteiger charge is 1.81. The van der Waals surface area contributed by atoms with Crippen LogP contribution in [0.3, 0.4) is 0 Å². The van der Waals surface area contributed by atoms with Crippen LogP contribution in [0.2, 0.25) is 0 Å². The van der Waals surface area contributed by atoms with Gasteiger partial charge in [0.25, 0.3) is 10.1 Å². The van der Waals surface area contributed by atoms with Crippen molar-refractivity contribution in [3.8, 4) is 0 Å². The summed E-state index contributed by atoms with van der Waals surface area (Å²) in [5.41, 5.74) is 0. The van der Waals surface area contributed by atoms with E-state index in [1.165, 1.54) is 0 Å². The van der Waals surface area contributed by atoms with Gasteiger partial charge in [0.2, 0.25) is 0 Å². The largest absolute Gasteiger partial charge is 0.286 e. The van der Waals surface area contributed by atoms with Crippen LogP contribution in [-0.2, 0) is 10.1 Å². The minimum atomic E-state index is -3.67. The summed E-state index contributed by atoms with van der Waals surface area (Å²) in [5.74, 6) is 0. The SMILES string of the molecule is CP.CS(=O)(=O)O. The number of hydrogen-bond donors (Lipinski definition) is 1. The maximum absolute atomic E-state index is 9.19. The molecule has 0 amide bonds. The molecule has 0 spiro atoms. The molecule has 0 aliphatic heterocycles.